The molecule has 2 aliphatic heterocycles. The molecule has 4 rings (SSSR count). The highest BCUT2D eigenvalue weighted by Crippen LogP contribution is 2.31. The molecule has 1 amide bonds. The van der Waals surface area contributed by atoms with Crippen molar-refractivity contribution in [3.63, 3.8) is 0 Å². The van der Waals surface area contributed by atoms with E-state index in [-0.39, 0.29) is 15.7 Å². The van der Waals surface area contributed by atoms with E-state index < -0.39 is 19.9 Å². The molecule has 0 radical (unpaired) electrons. The Labute approximate surface area is 190 Å². The fourth-order valence-corrected chi connectivity index (χ4v) is 6.46. The van der Waals surface area contributed by atoms with Crippen LogP contribution in [0.4, 0.5) is 5.69 Å². The summed E-state index contributed by atoms with van der Waals surface area (Å²) in [6.45, 7) is 3.69. The highest BCUT2D eigenvalue weighted by molar-refractivity contribution is 7.90. The fourth-order valence-electron chi connectivity index (χ4n) is 4.31. The van der Waals surface area contributed by atoms with Crippen molar-refractivity contribution in [2.24, 2.45) is 5.92 Å². The average Bonchev–Trinajstić information content (AvgIpc) is 2.77. The van der Waals surface area contributed by atoms with Crippen LogP contribution >= 0.6 is 0 Å². The maximum absolute atomic E-state index is 13.2. The molecule has 172 valence electrons. The smallest absolute Gasteiger partial charge is 0.258 e. The summed E-state index contributed by atoms with van der Waals surface area (Å²) in [5.74, 6) is 0.302. The minimum Gasteiger partial charge on any atom is -0.308 e. The van der Waals surface area contributed by atoms with Gasteiger partial charge in [0.2, 0.25) is 10.0 Å². The molecule has 2 aromatic rings. The quantitative estimate of drug-likeness (QED) is 0.676. The van der Waals surface area contributed by atoms with E-state index >= 15 is 0 Å². The normalized spacial score (nSPS) is 18.4. The molecule has 0 N–H and O–H groups in total. The third-order valence-electron chi connectivity index (χ3n) is 6.32. The molecule has 0 unspecified atom stereocenters. The van der Waals surface area contributed by atoms with Gasteiger partial charge >= 0.3 is 0 Å². The molecular weight excluding hydrogens is 448 g/mol. The molecule has 1 fully saturated rings. The first-order valence-corrected chi connectivity index (χ1v) is 14.2. The Morgan fingerprint density at radius 2 is 1.53 bits per heavy atom. The van der Waals surface area contributed by atoms with E-state index in [0.29, 0.717) is 43.2 Å². The Bertz CT molecular complexity index is 1230. The van der Waals surface area contributed by atoms with Crippen molar-refractivity contribution in [3.05, 3.63) is 53.6 Å². The number of fused-ring (bicyclic) bond motifs is 1. The predicted molar refractivity (Wildman–Crippen MR) is 123 cm³/mol. The van der Waals surface area contributed by atoms with Gasteiger partial charge in [-0.05, 0) is 79.6 Å². The van der Waals surface area contributed by atoms with Crippen LogP contribution in [-0.2, 0) is 26.3 Å². The third-order valence-corrected chi connectivity index (χ3v) is 9.35. The number of carbonyl (C=O) groups excluding carboxylic acids is 1. The number of hydrogen-bond acceptors (Lipinski definition) is 5. The predicted octanol–water partition coefficient (Wildman–Crippen LogP) is 3.10. The summed E-state index contributed by atoms with van der Waals surface area (Å²) < 4.78 is 51.1. The topological polar surface area (TPSA) is 91.8 Å². The van der Waals surface area contributed by atoms with Gasteiger partial charge in [-0.3, -0.25) is 4.79 Å². The lowest BCUT2D eigenvalue weighted by atomic mass is 10.0. The van der Waals surface area contributed by atoms with Crippen LogP contribution < -0.4 is 4.90 Å². The molecule has 9 heteroatoms. The Hall–Kier alpha value is -2.23. The number of aryl methyl sites for hydroxylation is 1. The maximum atomic E-state index is 13.2. The average molecular weight is 477 g/mol. The summed E-state index contributed by atoms with van der Waals surface area (Å²) in [5, 5.41) is 0. The Morgan fingerprint density at radius 3 is 2.16 bits per heavy atom. The van der Waals surface area contributed by atoms with Crippen molar-refractivity contribution < 1.29 is 21.6 Å². The zero-order valence-electron chi connectivity index (χ0n) is 18.3. The number of anilines is 1. The monoisotopic (exact) mass is 476 g/mol. The van der Waals surface area contributed by atoms with Crippen LogP contribution in [0.15, 0.2) is 52.3 Å². The lowest BCUT2D eigenvalue weighted by Gasteiger charge is -2.30. The van der Waals surface area contributed by atoms with Gasteiger partial charge in [-0.15, -0.1) is 0 Å². The number of sulfonamides is 1. The molecule has 0 saturated carbocycles. The number of benzene rings is 2. The van der Waals surface area contributed by atoms with Crippen LogP contribution in [0.1, 0.15) is 42.1 Å². The van der Waals surface area contributed by atoms with E-state index in [9.17, 15) is 21.6 Å². The number of sulfone groups is 1. The molecule has 32 heavy (non-hydrogen) atoms. The molecule has 0 spiro atoms. The van der Waals surface area contributed by atoms with Crippen LogP contribution in [0.2, 0.25) is 0 Å². The summed E-state index contributed by atoms with van der Waals surface area (Å²) in [6.07, 6.45) is 4.30. The minimum absolute atomic E-state index is 0.195. The third kappa shape index (κ3) is 4.46. The SMILES string of the molecule is CC1CCN(S(=O)(=O)c2ccc(C(=O)N3CCCc4cc(S(C)(=O)=O)ccc43)cc2)CC1. The number of amides is 1. The van der Waals surface area contributed by atoms with Gasteiger partial charge in [0.15, 0.2) is 9.84 Å². The van der Waals surface area contributed by atoms with Gasteiger partial charge in [-0.1, -0.05) is 6.92 Å². The van der Waals surface area contributed by atoms with Crippen LogP contribution in [0.25, 0.3) is 0 Å². The number of rotatable bonds is 4. The summed E-state index contributed by atoms with van der Waals surface area (Å²) in [7, 11) is -6.89. The molecule has 0 bridgehead atoms. The van der Waals surface area contributed by atoms with Crippen molar-refractivity contribution >= 4 is 31.5 Å². The molecule has 0 aromatic heterocycles. The lowest BCUT2D eigenvalue weighted by molar-refractivity contribution is 0.0985. The van der Waals surface area contributed by atoms with E-state index in [4.69, 9.17) is 0 Å². The summed E-state index contributed by atoms with van der Waals surface area (Å²) in [5.41, 5.74) is 1.93. The standard InChI is InChI=1S/C23H28N2O5S2/c1-17-11-14-24(15-12-17)32(29,30)20-7-5-18(6-8-20)23(26)25-13-3-4-19-16-21(31(2,27)28)9-10-22(19)25/h5-10,16-17H,3-4,11-15H2,1-2H3. The molecule has 7 nitrogen and oxygen atoms in total. The van der Waals surface area contributed by atoms with Gasteiger partial charge in [0, 0.05) is 37.1 Å². The first-order chi connectivity index (χ1) is 15.1. The van der Waals surface area contributed by atoms with Gasteiger partial charge in [0.05, 0.1) is 9.79 Å². The highest BCUT2D eigenvalue weighted by atomic mass is 32.2. The van der Waals surface area contributed by atoms with Crippen LogP contribution in [0, 0.1) is 5.92 Å². The van der Waals surface area contributed by atoms with Gasteiger partial charge in [0.25, 0.3) is 5.91 Å². The highest BCUT2D eigenvalue weighted by Gasteiger charge is 2.29. The molecule has 2 aliphatic rings. The molecule has 0 atom stereocenters. The van der Waals surface area contributed by atoms with Crippen LogP contribution in [-0.4, -0.2) is 52.9 Å². The van der Waals surface area contributed by atoms with Crippen molar-refractivity contribution in [1.29, 1.82) is 0 Å². The van der Waals surface area contributed by atoms with E-state index in [1.165, 1.54) is 28.8 Å². The van der Waals surface area contributed by atoms with Crippen molar-refractivity contribution in [2.75, 3.05) is 30.8 Å². The Morgan fingerprint density at radius 1 is 0.906 bits per heavy atom. The van der Waals surface area contributed by atoms with E-state index in [1.807, 2.05) is 0 Å². The van der Waals surface area contributed by atoms with E-state index in [1.54, 1.807) is 29.2 Å². The second kappa shape index (κ2) is 8.61. The number of piperidine rings is 1. The van der Waals surface area contributed by atoms with Gasteiger partial charge in [-0.2, -0.15) is 4.31 Å². The first-order valence-electron chi connectivity index (χ1n) is 10.8. The molecule has 0 aliphatic carbocycles. The van der Waals surface area contributed by atoms with Crippen molar-refractivity contribution in [3.8, 4) is 0 Å². The van der Waals surface area contributed by atoms with Crippen LogP contribution in [0.5, 0.6) is 0 Å². The summed E-state index contributed by atoms with van der Waals surface area (Å²) >= 11 is 0. The first kappa shape index (κ1) is 22.9. The van der Waals surface area contributed by atoms with Crippen LogP contribution in [0.3, 0.4) is 0 Å². The second-order valence-electron chi connectivity index (χ2n) is 8.73. The summed E-state index contributed by atoms with van der Waals surface area (Å²) in [4.78, 5) is 15.3. The number of carbonyl (C=O) groups is 1. The Balaban J connectivity index is 1.56. The fraction of sp³-hybridized carbons (Fsp3) is 0.435. The van der Waals surface area contributed by atoms with Crippen molar-refractivity contribution in [1.82, 2.24) is 4.31 Å². The largest absolute Gasteiger partial charge is 0.308 e. The van der Waals surface area contributed by atoms with E-state index in [2.05, 4.69) is 6.92 Å². The molecular formula is C23H28N2O5S2. The lowest BCUT2D eigenvalue weighted by Crippen LogP contribution is -2.38. The number of nitrogens with zero attached hydrogens (tertiary/aromatic N) is 2. The zero-order chi connectivity index (χ0) is 23.1. The molecule has 2 heterocycles. The zero-order valence-corrected chi connectivity index (χ0v) is 20.0. The van der Waals surface area contributed by atoms with E-state index in [0.717, 1.165) is 24.8 Å². The van der Waals surface area contributed by atoms with Gasteiger partial charge < -0.3 is 4.90 Å². The number of hydrogen-bond donors (Lipinski definition) is 0. The Kier molecular flexibility index (Phi) is 6.17. The van der Waals surface area contributed by atoms with Gasteiger partial charge in [-0.25, -0.2) is 16.8 Å². The van der Waals surface area contributed by atoms with Gasteiger partial charge in [0.1, 0.15) is 0 Å². The van der Waals surface area contributed by atoms with Crippen molar-refractivity contribution in [2.45, 2.75) is 42.4 Å². The second-order valence-corrected chi connectivity index (χ2v) is 12.7. The summed E-state index contributed by atoms with van der Waals surface area (Å²) in [6, 6.07) is 10.9. The molecule has 1 saturated heterocycles. The molecule has 2 aromatic carbocycles. The minimum atomic E-state index is -3.57. The maximum Gasteiger partial charge on any atom is 0.258 e.